The summed E-state index contributed by atoms with van der Waals surface area (Å²) in [5.74, 6) is -1.77. The molecule has 2 unspecified atom stereocenters. The van der Waals surface area contributed by atoms with Crippen molar-refractivity contribution in [3.8, 4) is 0 Å². The Morgan fingerprint density at radius 3 is 2.88 bits per heavy atom. The lowest BCUT2D eigenvalue weighted by molar-refractivity contribution is -0.143. The van der Waals surface area contributed by atoms with Crippen LogP contribution in [0.4, 0.5) is 0 Å². The van der Waals surface area contributed by atoms with Crippen LogP contribution in [0.3, 0.4) is 0 Å². The third-order valence-electron chi connectivity index (χ3n) is 4.02. The number of ether oxygens (including phenoxy) is 1. The van der Waals surface area contributed by atoms with E-state index in [9.17, 15) is 19.5 Å². The number of nitrogens with zero attached hydrogens (tertiary/aromatic N) is 1. The van der Waals surface area contributed by atoms with Gasteiger partial charge in [0.2, 0.25) is 5.91 Å². The van der Waals surface area contributed by atoms with E-state index in [1.807, 2.05) is 0 Å². The number of piperidine rings is 1. The lowest BCUT2D eigenvalue weighted by Gasteiger charge is -2.34. The molecule has 0 saturated carbocycles. The number of likely N-dealkylation sites (tertiary alicyclic amines) is 1. The van der Waals surface area contributed by atoms with E-state index < -0.39 is 24.0 Å². The van der Waals surface area contributed by atoms with Crippen LogP contribution in [0.1, 0.15) is 36.2 Å². The van der Waals surface area contributed by atoms with Gasteiger partial charge in [-0.25, -0.2) is 4.79 Å². The first-order chi connectivity index (χ1) is 11.5. The Labute approximate surface area is 139 Å². The van der Waals surface area contributed by atoms with Gasteiger partial charge in [-0.1, -0.05) is 0 Å². The van der Waals surface area contributed by atoms with Gasteiger partial charge in [-0.15, -0.1) is 0 Å². The number of methoxy groups -OCH3 is 1. The predicted octanol–water partition coefficient (Wildman–Crippen LogP) is 0.880. The molecule has 2 N–H and O–H groups in total. The first-order valence-corrected chi connectivity index (χ1v) is 7.91. The van der Waals surface area contributed by atoms with Gasteiger partial charge >= 0.3 is 5.97 Å². The van der Waals surface area contributed by atoms with Gasteiger partial charge < -0.3 is 24.5 Å². The van der Waals surface area contributed by atoms with E-state index >= 15 is 0 Å². The summed E-state index contributed by atoms with van der Waals surface area (Å²) in [5, 5.41) is 11.7. The summed E-state index contributed by atoms with van der Waals surface area (Å²) >= 11 is 0. The number of hydrogen-bond acceptors (Lipinski definition) is 5. The van der Waals surface area contributed by atoms with Gasteiger partial charge in [0, 0.05) is 26.7 Å². The molecule has 0 aromatic carbocycles. The van der Waals surface area contributed by atoms with Gasteiger partial charge in [0.05, 0.1) is 6.26 Å². The van der Waals surface area contributed by atoms with Gasteiger partial charge in [-0.2, -0.15) is 0 Å². The zero-order chi connectivity index (χ0) is 17.5. The highest BCUT2D eigenvalue weighted by Gasteiger charge is 2.35. The fraction of sp³-hybridized carbons (Fsp3) is 0.562. The number of rotatable bonds is 7. The number of aliphatic carboxylic acids is 1. The van der Waals surface area contributed by atoms with Crippen LogP contribution >= 0.6 is 0 Å². The molecule has 0 spiro atoms. The average Bonchev–Trinajstić information content (AvgIpc) is 3.12. The molecule has 1 aromatic rings. The minimum atomic E-state index is -1.12. The Balaban J connectivity index is 2.07. The molecule has 2 rings (SSSR count). The molecule has 24 heavy (non-hydrogen) atoms. The van der Waals surface area contributed by atoms with Crippen molar-refractivity contribution in [2.75, 3.05) is 20.3 Å². The van der Waals surface area contributed by atoms with E-state index in [0.29, 0.717) is 13.0 Å². The fourth-order valence-corrected chi connectivity index (χ4v) is 2.75. The molecular formula is C16H22N2O6. The Hall–Kier alpha value is -2.35. The van der Waals surface area contributed by atoms with Crippen molar-refractivity contribution in [1.82, 2.24) is 10.2 Å². The van der Waals surface area contributed by atoms with E-state index in [4.69, 9.17) is 9.15 Å². The van der Waals surface area contributed by atoms with Crippen LogP contribution in [0, 0.1) is 0 Å². The second-order valence-electron chi connectivity index (χ2n) is 5.67. The van der Waals surface area contributed by atoms with Crippen LogP contribution in [-0.4, -0.2) is 60.1 Å². The third kappa shape index (κ3) is 4.35. The number of carboxylic acid groups (broad SMARTS) is 1. The molecule has 1 aliphatic heterocycles. The van der Waals surface area contributed by atoms with Crippen LogP contribution in [0.2, 0.25) is 0 Å². The zero-order valence-corrected chi connectivity index (χ0v) is 13.6. The van der Waals surface area contributed by atoms with Crippen molar-refractivity contribution < 1.29 is 28.6 Å². The van der Waals surface area contributed by atoms with E-state index in [2.05, 4.69) is 5.32 Å². The second kappa shape index (κ2) is 8.49. The van der Waals surface area contributed by atoms with Crippen LogP contribution < -0.4 is 5.32 Å². The molecule has 8 nitrogen and oxygen atoms in total. The first-order valence-electron chi connectivity index (χ1n) is 7.91. The van der Waals surface area contributed by atoms with Crippen molar-refractivity contribution >= 4 is 17.8 Å². The Morgan fingerprint density at radius 1 is 1.46 bits per heavy atom. The predicted molar refractivity (Wildman–Crippen MR) is 83.4 cm³/mol. The normalized spacial score (nSPS) is 18.9. The molecule has 1 fully saturated rings. The first kappa shape index (κ1) is 18.0. The van der Waals surface area contributed by atoms with Gasteiger partial charge in [0.25, 0.3) is 5.91 Å². The standard InChI is InChI=1S/C16H22N2O6/c1-23-10-7-11(16(21)22)17-14(19)12-5-2-3-8-18(12)15(20)13-6-4-9-24-13/h4,6,9,11-12H,2-3,5,7-8,10H2,1H3,(H,17,19)(H,21,22). The SMILES string of the molecule is COCCC(NC(=O)C1CCCCN1C(=O)c1ccco1)C(=O)O. The largest absolute Gasteiger partial charge is 0.480 e. The number of carbonyl (C=O) groups excluding carboxylic acids is 2. The number of amides is 2. The molecule has 1 aromatic heterocycles. The summed E-state index contributed by atoms with van der Waals surface area (Å²) in [6.07, 6.45) is 3.65. The maximum Gasteiger partial charge on any atom is 0.326 e. The number of carbonyl (C=O) groups is 3. The molecule has 8 heteroatoms. The minimum Gasteiger partial charge on any atom is -0.480 e. The lowest BCUT2D eigenvalue weighted by atomic mass is 10.0. The Kier molecular flexibility index (Phi) is 6.36. The van der Waals surface area contributed by atoms with Gasteiger partial charge in [-0.3, -0.25) is 9.59 Å². The topological polar surface area (TPSA) is 109 Å². The zero-order valence-electron chi connectivity index (χ0n) is 13.6. The molecule has 132 valence electrons. The monoisotopic (exact) mass is 338 g/mol. The second-order valence-corrected chi connectivity index (χ2v) is 5.67. The van der Waals surface area contributed by atoms with Gasteiger partial charge in [0.15, 0.2) is 5.76 Å². The highest BCUT2D eigenvalue weighted by atomic mass is 16.5. The Bertz CT molecular complexity index is 571. The molecule has 1 aliphatic rings. The summed E-state index contributed by atoms with van der Waals surface area (Å²) in [5.41, 5.74) is 0. The molecule has 0 aliphatic carbocycles. The van der Waals surface area contributed by atoms with E-state index in [1.54, 1.807) is 12.1 Å². The quantitative estimate of drug-likeness (QED) is 0.764. The van der Waals surface area contributed by atoms with Crippen molar-refractivity contribution in [3.05, 3.63) is 24.2 Å². The number of furan rings is 1. The van der Waals surface area contributed by atoms with E-state index in [1.165, 1.54) is 18.3 Å². The highest BCUT2D eigenvalue weighted by Crippen LogP contribution is 2.20. The van der Waals surface area contributed by atoms with Gasteiger partial charge in [-0.05, 0) is 31.4 Å². The van der Waals surface area contributed by atoms with Crippen molar-refractivity contribution in [1.29, 1.82) is 0 Å². The maximum absolute atomic E-state index is 12.5. The van der Waals surface area contributed by atoms with Crippen molar-refractivity contribution in [2.45, 2.75) is 37.8 Å². The summed E-state index contributed by atoms with van der Waals surface area (Å²) in [4.78, 5) is 37.7. The van der Waals surface area contributed by atoms with Crippen LogP contribution in [-0.2, 0) is 14.3 Å². The Morgan fingerprint density at radius 2 is 2.25 bits per heavy atom. The molecular weight excluding hydrogens is 316 g/mol. The summed E-state index contributed by atoms with van der Waals surface area (Å²) in [7, 11) is 1.46. The van der Waals surface area contributed by atoms with Crippen LogP contribution in [0.5, 0.6) is 0 Å². The van der Waals surface area contributed by atoms with E-state index in [0.717, 1.165) is 12.8 Å². The molecule has 2 amide bonds. The lowest BCUT2D eigenvalue weighted by Crippen LogP contribution is -2.55. The molecule has 2 atom stereocenters. The summed E-state index contributed by atoms with van der Waals surface area (Å²) in [6.45, 7) is 0.657. The third-order valence-corrected chi connectivity index (χ3v) is 4.02. The number of hydrogen-bond donors (Lipinski definition) is 2. The smallest absolute Gasteiger partial charge is 0.326 e. The van der Waals surface area contributed by atoms with Crippen LogP contribution in [0.25, 0.3) is 0 Å². The van der Waals surface area contributed by atoms with Gasteiger partial charge in [0.1, 0.15) is 12.1 Å². The van der Waals surface area contributed by atoms with E-state index in [-0.39, 0.29) is 24.7 Å². The number of nitrogens with one attached hydrogen (secondary N) is 1. The van der Waals surface area contributed by atoms with Crippen molar-refractivity contribution in [3.63, 3.8) is 0 Å². The minimum absolute atomic E-state index is 0.163. The maximum atomic E-state index is 12.5. The van der Waals surface area contributed by atoms with Crippen LogP contribution in [0.15, 0.2) is 22.8 Å². The molecule has 0 bridgehead atoms. The molecule has 1 saturated heterocycles. The molecule has 2 heterocycles. The number of carboxylic acids is 1. The summed E-state index contributed by atoms with van der Waals surface area (Å²) < 4.78 is 9.98. The summed E-state index contributed by atoms with van der Waals surface area (Å²) in [6, 6.07) is 1.42. The highest BCUT2D eigenvalue weighted by molar-refractivity contribution is 5.96. The average molecular weight is 338 g/mol. The molecule has 0 radical (unpaired) electrons. The van der Waals surface area contributed by atoms with Crippen molar-refractivity contribution in [2.24, 2.45) is 0 Å². The fourth-order valence-electron chi connectivity index (χ4n) is 2.75.